The number of Topliss-reactive ketones (excluding diaryl/α,β-unsaturated/α-hetero) is 1. The summed E-state index contributed by atoms with van der Waals surface area (Å²) in [6, 6.07) is 0. The molecule has 0 saturated heterocycles. The average molecular weight is 388 g/mol. The molecule has 1 heterocycles. The van der Waals surface area contributed by atoms with Crippen LogP contribution in [0.1, 0.15) is 46.5 Å². The molecule has 0 aromatic heterocycles. The lowest BCUT2D eigenvalue weighted by atomic mass is 10.1. The smallest absolute Gasteiger partial charge is 0.308 e. The van der Waals surface area contributed by atoms with E-state index in [1.807, 2.05) is 6.92 Å². The van der Waals surface area contributed by atoms with Gasteiger partial charge in [-0.25, -0.2) is 0 Å². The zero-order valence-corrected chi connectivity index (χ0v) is 16.4. The zero-order valence-electron chi connectivity index (χ0n) is 14.0. The number of unbranched alkanes of at least 4 members (excludes halogenated alkanes) is 1. The van der Waals surface area contributed by atoms with E-state index < -0.39 is 11.9 Å². The van der Waals surface area contributed by atoms with Crippen molar-refractivity contribution in [2.75, 3.05) is 6.54 Å². The van der Waals surface area contributed by atoms with Crippen LogP contribution >= 0.6 is 35.7 Å². The molecule has 132 valence electrons. The fourth-order valence-corrected chi connectivity index (χ4v) is 4.63. The Balaban J connectivity index is 3.13. The van der Waals surface area contributed by atoms with Crippen LogP contribution in [0, 0.1) is 0 Å². The number of aliphatic carboxylic acids is 1. The van der Waals surface area contributed by atoms with E-state index in [1.165, 1.54) is 28.4 Å². The van der Waals surface area contributed by atoms with Crippen molar-refractivity contribution in [1.29, 1.82) is 0 Å². The number of thiocarbonyl (C=S) groups is 1. The number of carboxylic acid groups (broad SMARTS) is 1. The predicted octanol–water partition coefficient (Wildman–Crippen LogP) is 3.95. The minimum absolute atomic E-state index is 0.116. The number of nitrogens with zero attached hydrogens (tertiary/aromatic N) is 1. The minimum Gasteiger partial charge on any atom is -0.481 e. The van der Waals surface area contributed by atoms with Gasteiger partial charge < -0.3 is 10.0 Å². The first-order valence-corrected chi connectivity index (χ1v) is 9.77. The topological polar surface area (TPSA) is 74.7 Å². The third-order valence-corrected chi connectivity index (χ3v) is 5.89. The monoisotopic (exact) mass is 387 g/mol. The highest BCUT2D eigenvalue weighted by Crippen LogP contribution is 2.47. The number of carboxylic acids is 1. The van der Waals surface area contributed by atoms with Gasteiger partial charge in [-0.2, -0.15) is 0 Å². The van der Waals surface area contributed by atoms with E-state index in [2.05, 4.69) is 0 Å². The molecule has 24 heavy (non-hydrogen) atoms. The summed E-state index contributed by atoms with van der Waals surface area (Å²) in [7, 11) is 0. The number of amides is 1. The maximum atomic E-state index is 12.8. The van der Waals surface area contributed by atoms with E-state index in [4.69, 9.17) is 17.3 Å². The lowest BCUT2D eigenvalue weighted by Crippen LogP contribution is -2.37. The Kier molecular flexibility index (Phi) is 8.72. The number of hydrogen-bond acceptors (Lipinski definition) is 6. The number of rotatable bonds is 8. The van der Waals surface area contributed by atoms with Crippen molar-refractivity contribution in [3.8, 4) is 0 Å². The van der Waals surface area contributed by atoms with Gasteiger partial charge in [-0.1, -0.05) is 49.1 Å². The van der Waals surface area contributed by atoms with Gasteiger partial charge in [-0.05, 0) is 25.7 Å². The molecule has 1 amide bonds. The third-order valence-electron chi connectivity index (χ3n) is 3.24. The van der Waals surface area contributed by atoms with Gasteiger partial charge in [-0.3, -0.25) is 14.4 Å². The Morgan fingerprint density at radius 1 is 1.29 bits per heavy atom. The molecular formula is C16H21NO4S3. The van der Waals surface area contributed by atoms with E-state index in [9.17, 15) is 14.4 Å². The number of likely N-dealkylation sites (N-methyl/N-ethyl adjacent to an activating group) is 1. The molecule has 0 aromatic carbocycles. The second-order valence-electron chi connectivity index (χ2n) is 5.13. The Bertz CT molecular complexity index is 610. The first-order valence-electron chi connectivity index (χ1n) is 7.67. The second-order valence-corrected chi connectivity index (χ2v) is 8.00. The van der Waals surface area contributed by atoms with Gasteiger partial charge in [0.15, 0.2) is 5.78 Å². The highest BCUT2D eigenvalue weighted by Gasteiger charge is 2.30. The van der Waals surface area contributed by atoms with E-state index in [1.54, 1.807) is 19.3 Å². The molecule has 1 aliphatic heterocycles. The van der Waals surface area contributed by atoms with Crippen molar-refractivity contribution in [2.24, 2.45) is 0 Å². The van der Waals surface area contributed by atoms with Crippen LogP contribution in [-0.2, 0) is 14.4 Å². The molecule has 5 nitrogen and oxygen atoms in total. The normalized spacial score (nSPS) is 15.7. The lowest BCUT2D eigenvalue weighted by Gasteiger charge is -2.21. The first-order chi connectivity index (χ1) is 11.3. The second kappa shape index (κ2) is 10.0. The standard InChI is InChI=1S/C16H21NO4S3/c1-4-6-7-12(18)14(15(21)17(5-2)10(3)22)16-23-9-11(24-16)8-13(19)20/h9H,4-8H2,1-3H3,(H,19,20)/b16-14+. The molecule has 0 fully saturated rings. The number of thioether (sulfide) groups is 2. The van der Waals surface area contributed by atoms with Gasteiger partial charge >= 0.3 is 5.97 Å². The number of carbonyl (C=O) groups is 3. The maximum absolute atomic E-state index is 12.8. The van der Waals surface area contributed by atoms with Gasteiger partial charge in [0.05, 0.1) is 15.6 Å². The molecular weight excluding hydrogens is 366 g/mol. The number of hydrogen-bond donors (Lipinski definition) is 1. The predicted molar refractivity (Wildman–Crippen MR) is 103 cm³/mol. The summed E-state index contributed by atoms with van der Waals surface area (Å²) >= 11 is 7.53. The molecule has 0 spiro atoms. The summed E-state index contributed by atoms with van der Waals surface area (Å²) in [4.78, 5) is 38.7. The van der Waals surface area contributed by atoms with E-state index >= 15 is 0 Å². The maximum Gasteiger partial charge on any atom is 0.308 e. The van der Waals surface area contributed by atoms with Gasteiger partial charge in [0.1, 0.15) is 5.57 Å². The third kappa shape index (κ3) is 5.75. The van der Waals surface area contributed by atoms with Crippen LogP contribution < -0.4 is 0 Å². The van der Waals surface area contributed by atoms with Crippen LogP contribution in [0.5, 0.6) is 0 Å². The Hall–Kier alpha value is -1.12. The summed E-state index contributed by atoms with van der Waals surface area (Å²) in [6.45, 7) is 5.82. The van der Waals surface area contributed by atoms with E-state index in [0.717, 1.165) is 6.42 Å². The summed E-state index contributed by atoms with van der Waals surface area (Å²) in [5, 5.41) is 10.6. The Morgan fingerprint density at radius 2 is 1.96 bits per heavy atom. The van der Waals surface area contributed by atoms with Crippen molar-refractivity contribution >= 4 is 58.4 Å². The van der Waals surface area contributed by atoms with Crippen molar-refractivity contribution in [3.63, 3.8) is 0 Å². The minimum atomic E-state index is -0.939. The fourth-order valence-electron chi connectivity index (χ4n) is 2.05. The molecule has 0 aliphatic carbocycles. The van der Waals surface area contributed by atoms with Crippen molar-refractivity contribution in [1.82, 2.24) is 4.90 Å². The van der Waals surface area contributed by atoms with Crippen LogP contribution in [-0.4, -0.2) is 39.2 Å². The van der Waals surface area contributed by atoms with Gasteiger partial charge in [0, 0.05) is 17.9 Å². The average Bonchev–Trinajstić information content (AvgIpc) is 2.92. The van der Waals surface area contributed by atoms with Crippen molar-refractivity contribution < 1.29 is 19.5 Å². The quantitative estimate of drug-likeness (QED) is 0.292. The van der Waals surface area contributed by atoms with Gasteiger partial charge in [0.25, 0.3) is 5.91 Å². The molecule has 0 atom stereocenters. The molecule has 8 heteroatoms. The van der Waals surface area contributed by atoms with E-state index in [-0.39, 0.29) is 17.8 Å². The zero-order chi connectivity index (χ0) is 18.3. The van der Waals surface area contributed by atoms with Crippen LogP contribution in [0.3, 0.4) is 0 Å². The Labute approximate surface area is 155 Å². The molecule has 0 bridgehead atoms. The molecule has 0 aromatic rings. The van der Waals surface area contributed by atoms with Crippen LogP contribution in [0.4, 0.5) is 0 Å². The summed E-state index contributed by atoms with van der Waals surface area (Å²) < 4.78 is 0.548. The SMILES string of the molecule is CCCCC(=O)/C(C(=O)N(CC)C(C)=S)=C1/SC=C(CC(=O)O)S1. The molecule has 1 N–H and O–H groups in total. The largest absolute Gasteiger partial charge is 0.481 e. The molecule has 1 aliphatic rings. The fraction of sp³-hybridized carbons (Fsp3) is 0.500. The summed E-state index contributed by atoms with van der Waals surface area (Å²) in [5.41, 5.74) is 0.126. The number of carbonyl (C=O) groups excluding carboxylic acids is 2. The van der Waals surface area contributed by atoms with Crippen LogP contribution in [0.2, 0.25) is 0 Å². The summed E-state index contributed by atoms with van der Waals surface area (Å²) in [5.74, 6) is -1.55. The molecule has 1 rings (SSSR count). The molecule has 0 unspecified atom stereocenters. The molecule has 0 saturated carbocycles. The lowest BCUT2D eigenvalue weighted by molar-refractivity contribution is -0.136. The first kappa shape index (κ1) is 20.9. The van der Waals surface area contributed by atoms with Gasteiger partial charge in [0.2, 0.25) is 0 Å². The van der Waals surface area contributed by atoms with Crippen molar-refractivity contribution in [3.05, 3.63) is 20.1 Å². The highest BCUT2D eigenvalue weighted by molar-refractivity contribution is 8.28. The highest BCUT2D eigenvalue weighted by atomic mass is 32.2. The number of ketones is 1. The van der Waals surface area contributed by atoms with Gasteiger partial charge in [-0.15, -0.1) is 0 Å². The van der Waals surface area contributed by atoms with Crippen LogP contribution in [0.15, 0.2) is 20.1 Å². The Morgan fingerprint density at radius 3 is 2.46 bits per heavy atom. The summed E-state index contributed by atoms with van der Waals surface area (Å²) in [6.07, 6.45) is 1.74. The molecule has 0 radical (unpaired) electrons. The van der Waals surface area contributed by atoms with Crippen molar-refractivity contribution in [2.45, 2.75) is 46.5 Å². The van der Waals surface area contributed by atoms with E-state index in [0.29, 0.717) is 33.5 Å². The van der Waals surface area contributed by atoms with Crippen LogP contribution in [0.25, 0.3) is 0 Å².